The molecule has 0 unspecified atom stereocenters. The molecule has 0 saturated heterocycles. The highest BCUT2D eigenvalue weighted by Crippen LogP contribution is 2.30. The van der Waals surface area contributed by atoms with Crippen LogP contribution in [0.2, 0.25) is 5.02 Å². The minimum atomic E-state index is -0.465. The molecule has 3 nitrogen and oxygen atoms in total. The summed E-state index contributed by atoms with van der Waals surface area (Å²) in [5.41, 5.74) is 3.70. The van der Waals surface area contributed by atoms with E-state index < -0.39 is 6.04 Å². The second-order valence-electron chi connectivity index (χ2n) is 5.84. The minimum absolute atomic E-state index is 0.0764. The first kappa shape index (κ1) is 16.1. The van der Waals surface area contributed by atoms with E-state index in [0.29, 0.717) is 11.4 Å². The molecule has 1 N–H and O–H groups in total. The monoisotopic (exact) mass is 366 g/mol. The summed E-state index contributed by atoms with van der Waals surface area (Å²) >= 11 is 7.60. The molecule has 5 heteroatoms. The van der Waals surface area contributed by atoms with Crippen LogP contribution in [-0.2, 0) is 11.2 Å². The SMILES string of the molecule is O=C1Nc2ccsc2C(c2ccc(Cl)cc2)=N[C@H]1Cc1ccccc1. The van der Waals surface area contributed by atoms with Crippen LogP contribution < -0.4 is 5.32 Å². The molecular weight excluding hydrogens is 352 g/mol. The highest BCUT2D eigenvalue weighted by Gasteiger charge is 2.26. The van der Waals surface area contributed by atoms with E-state index in [1.807, 2.05) is 66.0 Å². The Kier molecular flexibility index (Phi) is 4.38. The number of halogens is 1. The molecule has 0 radical (unpaired) electrons. The maximum atomic E-state index is 12.7. The van der Waals surface area contributed by atoms with Crippen molar-refractivity contribution in [1.29, 1.82) is 0 Å². The van der Waals surface area contributed by atoms with Crippen molar-refractivity contribution in [1.82, 2.24) is 0 Å². The van der Waals surface area contributed by atoms with Crippen LogP contribution >= 0.6 is 22.9 Å². The van der Waals surface area contributed by atoms with Crippen LogP contribution in [0.4, 0.5) is 5.69 Å². The minimum Gasteiger partial charge on any atom is -0.323 e. The Morgan fingerprint density at radius 1 is 1.04 bits per heavy atom. The molecule has 0 saturated carbocycles. The van der Waals surface area contributed by atoms with Crippen LogP contribution in [0.3, 0.4) is 0 Å². The maximum Gasteiger partial charge on any atom is 0.249 e. The van der Waals surface area contributed by atoms with Crippen LogP contribution in [0, 0.1) is 0 Å². The third kappa shape index (κ3) is 3.36. The third-order valence-corrected chi connectivity index (χ3v) is 5.29. The topological polar surface area (TPSA) is 41.5 Å². The maximum absolute atomic E-state index is 12.7. The van der Waals surface area contributed by atoms with E-state index in [4.69, 9.17) is 16.6 Å². The van der Waals surface area contributed by atoms with E-state index >= 15 is 0 Å². The lowest BCUT2D eigenvalue weighted by Gasteiger charge is -2.11. The van der Waals surface area contributed by atoms with Crippen LogP contribution in [-0.4, -0.2) is 17.7 Å². The molecule has 2 heterocycles. The molecule has 1 aromatic heterocycles. The van der Waals surface area contributed by atoms with Crippen molar-refractivity contribution >= 4 is 40.2 Å². The highest BCUT2D eigenvalue weighted by atomic mass is 35.5. The summed E-state index contributed by atoms with van der Waals surface area (Å²) < 4.78 is 0. The predicted octanol–water partition coefficient (Wildman–Crippen LogP) is 4.80. The molecule has 0 aliphatic carbocycles. The molecule has 4 rings (SSSR count). The smallest absolute Gasteiger partial charge is 0.249 e. The van der Waals surface area contributed by atoms with E-state index in [-0.39, 0.29) is 5.91 Å². The summed E-state index contributed by atoms with van der Waals surface area (Å²) in [4.78, 5) is 18.5. The first-order valence-electron chi connectivity index (χ1n) is 7.97. The Morgan fingerprint density at radius 2 is 1.80 bits per heavy atom. The van der Waals surface area contributed by atoms with Gasteiger partial charge < -0.3 is 5.32 Å². The number of hydrogen-bond donors (Lipinski definition) is 1. The second-order valence-corrected chi connectivity index (χ2v) is 7.20. The fourth-order valence-corrected chi connectivity index (χ4v) is 3.86. The summed E-state index contributed by atoms with van der Waals surface area (Å²) in [7, 11) is 0. The fourth-order valence-electron chi connectivity index (χ4n) is 2.87. The van der Waals surface area contributed by atoms with E-state index in [2.05, 4.69) is 5.32 Å². The molecule has 25 heavy (non-hydrogen) atoms. The highest BCUT2D eigenvalue weighted by molar-refractivity contribution is 7.13. The largest absolute Gasteiger partial charge is 0.323 e. The number of aliphatic imine (C=N–C) groups is 1. The molecule has 1 atom stereocenters. The number of carbonyl (C=O) groups excluding carboxylic acids is 1. The Bertz CT molecular complexity index is 932. The average molecular weight is 367 g/mol. The Morgan fingerprint density at radius 3 is 2.56 bits per heavy atom. The summed E-state index contributed by atoms with van der Waals surface area (Å²) in [6, 6.07) is 19.0. The van der Waals surface area contributed by atoms with Gasteiger partial charge in [0.15, 0.2) is 0 Å². The van der Waals surface area contributed by atoms with Crippen LogP contribution in [0.5, 0.6) is 0 Å². The zero-order valence-electron chi connectivity index (χ0n) is 13.3. The third-order valence-electron chi connectivity index (χ3n) is 4.12. The van der Waals surface area contributed by atoms with E-state index in [0.717, 1.165) is 27.4 Å². The molecule has 1 aliphatic rings. The number of hydrogen-bond acceptors (Lipinski definition) is 3. The molecule has 124 valence electrons. The van der Waals surface area contributed by atoms with Gasteiger partial charge in [0.25, 0.3) is 0 Å². The van der Waals surface area contributed by atoms with Gasteiger partial charge in [-0.2, -0.15) is 0 Å². The van der Waals surface area contributed by atoms with Gasteiger partial charge in [0.1, 0.15) is 6.04 Å². The fraction of sp³-hybridized carbons (Fsp3) is 0.100. The van der Waals surface area contributed by atoms with Crippen molar-refractivity contribution in [2.45, 2.75) is 12.5 Å². The molecule has 2 aromatic carbocycles. The molecule has 0 bridgehead atoms. The van der Waals surface area contributed by atoms with Gasteiger partial charge in [-0.05, 0) is 29.1 Å². The Hall–Kier alpha value is -2.43. The standard InChI is InChI=1S/C20H15ClN2OS/c21-15-8-6-14(7-9-15)18-19-16(10-11-25-19)23-20(24)17(22-18)12-13-4-2-1-3-5-13/h1-11,17H,12H2,(H,23,24)/t17-/m0/s1. The molecule has 0 spiro atoms. The number of benzene rings is 2. The summed E-state index contributed by atoms with van der Waals surface area (Å²) in [5, 5.41) is 5.66. The zero-order valence-corrected chi connectivity index (χ0v) is 14.8. The quantitative estimate of drug-likeness (QED) is 0.710. The van der Waals surface area contributed by atoms with Crippen molar-refractivity contribution in [2.75, 3.05) is 5.32 Å². The van der Waals surface area contributed by atoms with Gasteiger partial charge >= 0.3 is 0 Å². The second kappa shape index (κ2) is 6.82. The van der Waals surface area contributed by atoms with E-state index in [9.17, 15) is 4.79 Å². The number of fused-ring (bicyclic) bond motifs is 1. The van der Waals surface area contributed by atoms with Crippen molar-refractivity contribution < 1.29 is 4.79 Å². The predicted molar refractivity (Wildman–Crippen MR) is 104 cm³/mol. The van der Waals surface area contributed by atoms with Gasteiger partial charge in [-0.1, -0.05) is 54.1 Å². The van der Waals surface area contributed by atoms with Gasteiger partial charge in [-0.15, -0.1) is 11.3 Å². The molecular formula is C20H15ClN2OS. The number of carbonyl (C=O) groups is 1. The normalized spacial score (nSPS) is 16.6. The number of amides is 1. The van der Waals surface area contributed by atoms with E-state index in [1.165, 1.54) is 0 Å². The van der Waals surface area contributed by atoms with Crippen LogP contribution in [0.15, 0.2) is 71.0 Å². The number of thiophene rings is 1. The zero-order chi connectivity index (χ0) is 17.2. The lowest BCUT2D eigenvalue weighted by atomic mass is 10.0. The first-order valence-corrected chi connectivity index (χ1v) is 9.23. The van der Waals surface area contributed by atoms with Crippen LogP contribution in [0.1, 0.15) is 16.0 Å². The first-order chi connectivity index (χ1) is 12.2. The number of nitrogens with zero attached hydrogens (tertiary/aromatic N) is 1. The van der Waals surface area contributed by atoms with Crippen molar-refractivity contribution in [3.63, 3.8) is 0 Å². The average Bonchev–Trinajstić information content (AvgIpc) is 3.03. The van der Waals surface area contributed by atoms with Crippen LogP contribution in [0.25, 0.3) is 0 Å². The summed E-state index contributed by atoms with van der Waals surface area (Å²) in [6.07, 6.45) is 0.568. The van der Waals surface area contributed by atoms with E-state index in [1.54, 1.807) is 11.3 Å². The van der Waals surface area contributed by atoms with Gasteiger partial charge in [-0.3, -0.25) is 9.79 Å². The molecule has 1 aliphatic heterocycles. The number of rotatable bonds is 3. The van der Waals surface area contributed by atoms with Gasteiger partial charge in [0.2, 0.25) is 5.91 Å². The Balaban J connectivity index is 1.78. The summed E-state index contributed by atoms with van der Waals surface area (Å²) in [5.74, 6) is -0.0764. The van der Waals surface area contributed by atoms with Crippen molar-refractivity contribution in [2.24, 2.45) is 4.99 Å². The van der Waals surface area contributed by atoms with Crippen molar-refractivity contribution in [3.8, 4) is 0 Å². The molecule has 1 amide bonds. The lowest BCUT2D eigenvalue weighted by molar-refractivity contribution is -0.117. The molecule has 0 fully saturated rings. The van der Waals surface area contributed by atoms with Gasteiger partial charge in [-0.25, -0.2) is 0 Å². The van der Waals surface area contributed by atoms with Gasteiger partial charge in [0, 0.05) is 17.0 Å². The number of anilines is 1. The summed E-state index contributed by atoms with van der Waals surface area (Å²) in [6.45, 7) is 0. The lowest BCUT2D eigenvalue weighted by Crippen LogP contribution is -2.27. The molecule has 3 aromatic rings. The van der Waals surface area contributed by atoms with Gasteiger partial charge in [0.05, 0.1) is 16.3 Å². The Labute approximate surface area is 155 Å². The number of nitrogens with one attached hydrogen (secondary N) is 1. The van der Waals surface area contributed by atoms with Crippen molar-refractivity contribution in [3.05, 3.63) is 87.1 Å².